The molecule has 0 aliphatic carbocycles. The topological polar surface area (TPSA) is 9.23 Å². The van der Waals surface area contributed by atoms with Gasteiger partial charge in [0.05, 0.1) is 6.10 Å². The lowest BCUT2D eigenvalue weighted by Gasteiger charge is -2.32. The average Bonchev–Trinajstić information content (AvgIpc) is 2.32. The van der Waals surface area contributed by atoms with Crippen LogP contribution in [0.25, 0.3) is 0 Å². The number of halogens is 1. The number of benzene rings is 1. The molecule has 1 aliphatic heterocycles. The van der Waals surface area contributed by atoms with E-state index in [1.165, 1.54) is 23.1 Å². The van der Waals surface area contributed by atoms with Crippen LogP contribution in [0.4, 0.5) is 0 Å². The second-order valence-corrected chi connectivity index (χ2v) is 5.02. The van der Waals surface area contributed by atoms with E-state index in [4.69, 9.17) is 16.3 Å². The predicted octanol–water partition coefficient (Wildman–Crippen LogP) is 4.01. The van der Waals surface area contributed by atoms with Gasteiger partial charge in [0.25, 0.3) is 0 Å². The van der Waals surface area contributed by atoms with Crippen LogP contribution in [0.1, 0.15) is 35.6 Å². The highest BCUT2D eigenvalue weighted by molar-refractivity contribution is 6.18. The molecule has 1 aromatic carbocycles. The first-order valence-corrected chi connectivity index (χ1v) is 6.50. The number of alkyl halides is 1. The van der Waals surface area contributed by atoms with Crippen LogP contribution in [0.3, 0.4) is 0 Å². The quantitative estimate of drug-likeness (QED) is 0.708. The van der Waals surface area contributed by atoms with E-state index in [2.05, 4.69) is 32.0 Å². The SMILES string of the molecule is Cc1ccc(C)c(C2OCCCC2CCl)c1. The van der Waals surface area contributed by atoms with Crippen molar-refractivity contribution in [2.45, 2.75) is 32.8 Å². The van der Waals surface area contributed by atoms with Gasteiger partial charge in [-0.15, -0.1) is 11.6 Å². The van der Waals surface area contributed by atoms with Crippen molar-refractivity contribution in [2.75, 3.05) is 12.5 Å². The molecule has 0 bridgehead atoms. The van der Waals surface area contributed by atoms with Gasteiger partial charge in [0.1, 0.15) is 0 Å². The Labute approximate surface area is 103 Å². The van der Waals surface area contributed by atoms with E-state index >= 15 is 0 Å². The van der Waals surface area contributed by atoms with Crippen LogP contribution in [0.15, 0.2) is 18.2 Å². The molecule has 1 heterocycles. The van der Waals surface area contributed by atoms with Crippen LogP contribution in [0.5, 0.6) is 0 Å². The summed E-state index contributed by atoms with van der Waals surface area (Å²) in [5.74, 6) is 1.16. The molecule has 0 N–H and O–H groups in total. The van der Waals surface area contributed by atoms with Gasteiger partial charge in [-0.1, -0.05) is 23.8 Å². The third kappa shape index (κ3) is 2.41. The molecule has 1 aromatic rings. The molecule has 0 amide bonds. The maximum absolute atomic E-state index is 6.04. The summed E-state index contributed by atoms with van der Waals surface area (Å²) in [6.07, 6.45) is 2.52. The summed E-state index contributed by atoms with van der Waals surface area (Å²) in [5.41, 5.74) is 3.93. The number of hydrogen-bond acceptors (Lipinski definition) is 1. The minimum atomic E-state index is 0.200. The molecular weight excluding hydrogens is 220 g/mol. The summed E-state index contributed by atoms with van der Waals surface area (Å²) < 4.78 is 5.92. The van der Waals surface area contributed by atoms with Gasteiger partial charge in [-0.25, -0.2) is 0 Å². The standard InChI is InChI=1S/C14H19ClO/c1-10-5-6-11(2)13(8-10)14-12(9-15)4-3-7-16-14/h5-6,8,12,14H,3-4,7,9H2,1-2H3. The summed E-state index contributed by atoms with van der Waals surface area (Å²) in [6, 6.07) is 6.57. The van der Waals surface area contributed by atoms with Crippen molar-refractivity contribution in [1.29, 1.82) is 0 Å². The Morgan fingerprint density at radius 1 is 1.38 bits per heavy atom. The molecule has 1 aliphatic rings. The highest BCUT2D eigenvalue weighted by atomic mass is 35.5. The highest BCUT2D eigenvalue weighted by Gasteiger charge is 2.27. The highest BCUT2D eigenvalue weighted by Crippen LogP contribution is 2.36. The molecule has 2 heteroatoms. The Bertz CT molecular complexity index is 362. The molecular formula is C14H19ClO. The number of hydrogen-bond donors (Lipinski definition) is 0. The van der Waals surface area contributed by atoms with Gasteiger partial charge in [0.15, 0.2) is 0 Å². The minimum absolute atomic E-state index is 0.200. The van der Waals surface area contributed by atoms with E-state index in [0.717, 1.165) is 13.0 Å². The molecule has 0 aromatic heterocycles. The molecule has 16 heavy (non-hydrogen) atoms. The van der Waals surface area contributed by atoms with Crippen molar-refractivity contribution in [2.24, 2.45) is 5.92 Å². The third-order valence-electron chi connectivity index (χ3n) is 3.38. The maximum atomic E-state index is 6.04. The fourth-order valence-electron chi connectivity index (χ4n) is 2.41. The lowest BCUT2D eigenvalue weighted by atomic mass is 9.88. The smallest absolute Gasteiger partial charge is 0.0867 e. The molecule has 88 valence electrons. The zero-order valence-electron chi connectivity index (χ0n) is 10.0. The summed E-state index contributed by atoms with van der Waals surface area (Å²) in [7, 11) is 0. The third-order valence-corrected chi connectivity index (χ3v) is 3.78. The zero-order chi connectivity index (χ0) is 11.5. The Kier molecular flexibility index (Phi) is 3.88. The number of ether oxygens (including phenoxy) is 1. The molecule has 1 fully saturated rings. The zero-order valence-corrected chi connectivity index (χ0v) is 10.8. The fraction of sp³-hybridized carbons (Fsp3) is 0.571. The van der Waals surface area contributed by atoms with Crippen LogP contribution in [-0.2, 0) is 4.74 Å². The van der Waals surface area contributed by atoms with Crippen LogP contribution in [0.2, 0.25) is 0 Å². The molecule has 2 rings (SSSR count). The maximum Gasteiger partial charge on any atom is 0.0867 e. The van der Waals surface area contributed by atoms with Gasteiger partial charge in [0.2, 0.25) is 0 Å². The molecule has 2 atom stereocenters. The van der Waals surface area contributed by atoms with Crippen molar-refractivity contribution in [1.82, 2.24) is 0 Å². The predicted molar refractivity (Wildman–Crippen MR) is 68.1 cm³/mol. The van der Waals surface area contributed by atoms with E-state index in [9.17, 15) is 0 Å². The first-order valence-electron chi connectivity index (χ1n) is 5.97. The van der Waals surface area contributed by atoms with E-state index in [1.807, 2.05) is 0 Å². The van der Waals surface area contributed by atoms with E-state index in [1.54, 1.807) is 0 Å². The van der Waals surface area contributed by atoms with E-state index < -0.39 is 0 Å². The van der Waals surface area contributed by atoms with Gasteiger partial charge < -0.3 is 4.74 Å². The van der Waals surface area contributed by atoms with Crippen LogP contribution >= 0.6 is 11.6 Å². The Morgan fingerprint density at radius 3 is 2.94 bits per heavy atom. The van der Waals surface area contributed by atoms with Crippen LogP contribution < -0.4 is 0 Å². The summed E-state index contributed by atoms with van der Waals surface area (Å²) in [4.78, 5) is 0. The first kappa shape index (κ1) is 11.9. The van der Waals surface area contributed by atoms with Crippen molar-refractivity contribution in [3.63, 3.8) is 0 Å². The molecule has 2 unspecified atom stereocenters. The van der Waals surface area contributed by atoms with E-state index in [-0.39, 0.29) is 6.10 Å². The van der Waals surface area contributed by atoms with Crippen molar-refractivity contribution in [3.05, 3.63) is 34.9 Å². The fourth-order valence-corrected chi connectivity index (χ4v) is 2.73. The second-order valence-electron chi connectivity index (χ2n) is 4.71. The van der Waals surface area contributed by atoms with Crippen LogP contribution in [0, 0.1) is 19.8 Å². The van der Waals surface area contributed by atoms with Gasteiger partial charge in [-0.2, -0.15) is 0 Å². The molecule has 0 radical (unpaired) electrons. The van der Waals surface area contributed by atoms with Gasteiger partial charge >= 0.3 is 0 Å². The minimum Gasteiger partial charge on any atom is -0.373 e. The molecule has 0 saturated carbocycles. The van der Waals surface area contributed by atoms with Crippen molar-refractivity contribution in [3.8, 4) is 0 Å². The summed E-state index contributed by atoms with van der Waals surface area (Å²) in [6.45, 7) is 5.14. The Hall–Kier alpha value is -0.530. The van der Waals surface area contributed by atoms with Gasteiger partial charge in [-0.05, 0) is 37.8 Å². The van der Waals surface area contributed by atoms with Gasteiger partial charge in [0, 0.05) is 18.4 Å². The molecule has 0 spiro atoms. The van der Waals surface area contributed by atoms with E-state index in [0.29, 0.717) is 11.8 Å². The molecule has 1 nitrogen and oxygen atoms in total. The summed E-state index contributed by atoms with van der Waals surface area (Å²) in [5, 5.41) is 0. The monoisotopic (exact) mass is 238 g/mol. The van der Waals surface area contributed by atoms with Crippen molar-refractivity contribution >= 4 is 11.6 Å². The molecule has 1 saturated heterocycles. The largest absolute Gasteiger partial charge is 0.373 e. The lowest BCUT2D eigenvalue weighted by Crippen LogP contribution is -2.24. The Balaban J connectivity index is 2.30. The van der Waals surface area contributed by atoms with Crippen molar-refractivity contribution < 1.29 is 4.74 Å². The Morgan fingerprint density at radius 2 is 2.19 bits per heavy atom. The normalized spacial score (nSPS) is 25.7. The van der Waals surface area contributed by atoms with Gasteiger partial charge in [-0.3, -0.25) is 0 Å². The number of rotatable bonds is 2. The summed E-state index contributed by atoms with van der Waals surface area (Å²) >= 11 is 6.04. The number of aryl methyl sites for hydroxylation is 2. The van der Waals surface area contributed by atoms with Crippen LogP contribution in [-0.4, -0.2) is 12.5 Å². The first-order chi connectivity index (χ1) is 7.72. The second kappa shape index (κ2) is 5.20. The average molecular weight is 239 g/mol. The lowest BCUT2D eigenvalue weighted by molar-refractivity contribution is -0.0211.